The molecule has 0 aromatic carbocycles. The van der Waals surface area contributed by atoms with Gasteiger partial charge in [-0.3, -0.25) is 9.59 Å². The summed E-state index contributed by atoms with van der Waals surface area (Å²) in [4.78, 5) is 24.3. The lowest BCUT2D eigenvalue weighted by Crippen LogP contribution is -2.28. The third-order valence-electron chi connectivity index (χ3n) is 10.7. The van der Waals surface area contributed by atoms with Gasteiger partial charge in [0.1, 0.15) is 6.61 Å². The first-order valence-corrected chi connectivity index (χ1v) is 22.5. The van der Waals surface area contributed by atoms with Crippen LogP contribution >= 0.6 is 0 Å². The zero-order valence-electron chi connectivity index (χ0n) is 34.1. The number of hydrogen-bond donors (Lipinski definition) is 1. The predicted octanol–water partition coefficient (Wildman–Crippen LogP) is 14.2. The van der Waals surface area contributed by atoms with E-state index in [0.29, 0.717) is 12.8 Å². The summed E-state index contributed by atoms with van der Waals surface area (Å²) in [5, 5.41) is 9.58. The molecule has 298 valence electrons. The highest BCUT2D eigenvalue weighted by Crippen LogP contribution is 2.17. The van der Waals surface area contributed by atoms with Crippen molar-refractivity contribution in [2.75, 3.05) is 13.2 Å². The number of rotatable bonds is 41. The SMILES string of the molecule is CCCCCCCCCCCCCCCCC(=O)OC[C@H](CO)OC(=O)CCCCCCCCCCCCCCCCCCCCC(C)CC. The van der Waals surface area contributed by atoms with E-state index in [1.54, 1.807) is 0 Å². The molecular formula is C45H88O5. The van der Waals surface area contributed by atoms with Crippen LogP contribution in [0.4, 0.5) is 0 Å². The largest absolute Gasteiger partial charge is 0.462 e. The third kappa shape index (κ3) is 38.1. The molecule has 2 atom stereocenters. The van der Waals surface area contributed by atoms with Crippen molar-refractivity contribution in [2.24, 2.45) is 5.92 Å². The summed E-state index contributed by atoms with van der Waals surface area (Å²) in [5.74, 6) is 0.343. The van der Waals surface area contributed by atoms with Crippen LogP contribution in [0.1, 0.15) is 252 Å². The molecule has 0 aliphatic rings. The second-order valence-corrected chi connectivity index (χ2v) is 15.7. The van der Waals surface area contributed by atoms with Crippen LogP contribution in [0.25, 0.3) is 0 Å². The first kappa shape index (κ1) is 48.9. The second kappa shape index (κ2) is 40.7. The van der Waals surface area contributed by atoms with E-state index < -0.39 is 6.10 Å². The van der Waals surface area contributed by atoms with Crippen LogP contribution in [-0.4, -0.2) is 36.4 Å². The number of aliphatic hydroxyl groups is 1. The second-order valence-electron chi connectivity index (χ2n) is 15.7. The summed E-state index contributed by atoms with van der Waals surface area (Å²) >= 11 is 0. The molecule has 0 heterocycles. The lowest BCUT2D eigenvalue weighted by molar-refractivity contribution is -0.161. The molecule has 5 heteroatoms. The van der Waals surface area contributed by atoms with E-state index in [0.717, 1.165) is 38.0 Å². The molecule has 0 amide bonds. The van der Waals surface area contributed by atoms with E-state index in [-0.39, 0.29) is 25.2 Å². The number of carbonyl (C=O) groups is 2. The molecule has 0 aliphatic heterocycles. The van der Waals surface area contributed by atoms with E-state index in [2.05, 4.69) is 20.8 Å². The molecule has 0 saturated carbocycles. The first-order valence-electron chi connectivity index (χ1n) is 22.5. The van der Waals surface area contributed by atoms with Gasteiger partial charge in [-0.05, 0) is 18.8 Å². The Morgan fingerprint density at radius 1 is 0.460 bits per heavy atom. The van der Waals surface area contributed by atoms with Crippen LogP contribution in [0.3, 0.4) is 0 Å². The Morgan fingerprint density at radius 3 is 1.12 bits per heavy atom. The van der Waals surface area contributed by atoms with Crippen LogP contribution in [0.15, 0.2) is 0 Å². The van der Waals surface area contributed by atoms with E-state index in [1.807, 2.05) is 0 Å². The van der Waals surface area contributed by atoms with Crippen LogP contribution in [-0.2, 0) is 19.1 Å². The van der Waals surface area contributed by atoms with Crippen LogP contribution in [0, 0.1) is 5.92 Å². The van der Waals surface area contributed by atoms with Gasteiger partial charge in [0.05, 0.1) is 6.61 Å². The Labute approximate surface area is 312 Å². The standard InChI is InChI=1S/C45H88O5/c1-4-6-7-8-9-10-11-12-20-23-26-29-32-35-38-44(47)49-41-43(40-46)50-45(48)39-36-33-30-27-24-21-18-16-14-13-15-17-19-22-25-28-31-34-37-42(3)5-2/h42-43,46H,4-41H2,1-3H3/t42?,43-/m0/s1. The maximum Gasteiger partial charge on any atom is 0.306 e. The van der Waals surface area contributed by atoms with Crippen molar-refractivity contribution < 1.29 is 24.2 Å². The summed E-state index contributed by atoms with van der Waals surface area (Å²) in [5.41, 5.74) is 0. The monoisotopic (exact) mass is 709 g/mol. The molecule has 0 rings (SSSR count). The number of ether oxygens (including phenoxy) is 2. The van der Waals surface area contributed by atoms with Crippen molar-refractivity contribution in [2.45, 2.75) is 258 Å². The lowest BCUT2D eigenvalue weighted by atomic mass is 9.99. The molecule has 0 radical (unpaired) electrons. The zero-order chi connectivity index (χ0) is 36.6. The van der Waals surface area contributed by atoms with E-state index in [1.165, 1.54) is 186 Å². The van der Waals surface area contributed by atoms with Gasteiger partial charge in [0.15, 0.2) is 6.10 Å². The van der Waals surface area contributed by atoms with Gasteiger partial charge in [0.2, 0.25) is 0 Å². The minimum Gasteiger partial charge on any atom is -0.462 e. The number of esters is 2. The molecule has 1 unspecified atom stereocenters. The summed E-state index contributed by atoms with van der Waals surface area (Å²) in [6.45, 7) is 6.58. The van der Waals surface area contributed by atoms with E-state index >= 15 is 0 Å². The van der Waals surface area contributed by atoms with Crippen molar-refractivity contribution in [3.63, 3.8) is 0 Å². The van der Waals surface area contributed by atoms with Crippen molar-refractivity contribution >= 4 is 11.9 Å². The van der Waals surface area contributed by atoms with Gasteiger partial charge in [0, 0.05) is 12.8 Å². The number of unbranched alkanes of at least 4 members (excludes halogenated alkanes) is 30. The Kier molecular flexibility index (Phi) is 39.8. The van der Waals surface area contributed by atoms with Crippen LogP contribution in [0.5, 0.6) is 0 Å². The van der Waals surface area contributed by atoms with Crippen molar-refractivity contribution in [1.29, 1.82) is 0 Å². The molecule has 0 saturated heterocycles. The van der Waals surface area contributed by atoms with Gasteiger partial charge < -0.3 is 14.6 Å². The van der Waals surface area contributed by atoms with Gasteiger partial charge in [-0.15, -0.1) is 0 Å². The minimum atomic E-state index is -0.762. The Bertz CT molecular complexity index is 695. The number of aliphatic hydroxyl groups excluding tert-OH is 1. The minimum absolute atomic E-state index is 0.0570. The quantitative estimate of drug-likeness (QED) is 0.0505. The molecule has 0 fully saturated rings. The summed E-state index contributed by atoms with van der Waals surface area (Å²) in [6, 6.07) is 0. The van der Waals surface area contributed by atoms with Gasteiger partial charge in [-0.1, -0.05) is 226 Å². The fourth-order valence-corrected chi connectivity index (χ4v) is 6.89. The van der Waals surface area contributed by atoms with Crippen LogP contribution < -0.4 is 0 Å². The topological polar surface area (TPSA) is 72.8 Å². The Hall–Kier alpha value is -1.10. The highest BCUT2D eigenvalue weighted by atomic mass is 16.6. The summed E-state index contributed by atoms with van der Waals surface area (Å²) in [7, 11) is 0. The molecule has 0 aromatic rings. The fraction of sp³-hybridized carbons (Fsp3) is 0.956. The van der Waals surface area contributed by atoms with E-state index in [9.17, 15) is 14.7 Å². The average molecular weight is 709 g/mol. The van der Waals surface area contributed by atoms with Crippen LogP contribution in [0.2, 0.25) is 0 Å². The van der Waals surface area contributed by atoms with E-state index in [4.69, 9.17) is 9.47 Å². The maximum absolute atomic E-state index is 12.2. The van der Waals surface area contributed by atoms with Crippen molar-refractivity contribution in [3.8, 4) is 0 Å². The smallest absolute Gasteiger partial charge is 0.306 e. The maximum atomic E-state index is 12.2. The summed E-state index contributed by atoms with van der Waals surface area (Å²) in [6.07, 6.45) is 44.5. The van der Waals surface area contributed by atoms with Crippen molar-refractivity contribution in [1.82, 2.24) is 0 Å². The molecule has 0 aromatic heterocycles. The highest BCUT2D eigenvalue weighted by Gasteiger charge is 2.16. The van der Waals surface area contributed by atoms with Gasteiger partial charge in [0.25, 0.3) is 0 Å². The number of carbonyl (C=O) groups excluding carboxylic acids is 2. The normalized spacial score (nSPS) is 12.6. The molecule has 1 N–H and O–H groups in total. The summed E-state index contributed by atoms with van der Waals surface area (Å²) < 4.78 is 10.6. The van der Waals surface area contributed by atoms with Crippen molar-refractivity contribution in [3.05, 3.63) is 0 Å². The third-order valence-corrected chi connectivity index (χ3v) is 10.7. The first-order chi connectivity index (χ1) is 24.5. The Balaban J connectivity index is 3.45. The van der Waals surface area contributed by atoms with Gasteiger partial charge in [-0.2, -0.15) is 0 Å². The fourth-order valence-electron chi connectivity index (χ4n) is 6.89. The number of hydrogen-bond acceptors (Lipinski definition) is 5. The van der Waals surface area contributed by atoms with Gasteiger partial charge >= 0.3 is 11.9 Å². The lowest BCUT2D eigenvalue weighted by Gasteiger charge is -2.15. The highest BCUT2D eigenvalue weighted by molar-refractivity contribution is 5.70. The molecule has 5 nitrogen and oxygen atoms in total. The molecule has 0 spiro atoms. The average Bonchev–Trinajstić information content (AvgIpc) is 3.12. The Morgan fingerprint density at radius 2 is 0.780 bits per heavy atom. The molecule has 0 bridgehead atoms. The molecular weight excluding hydrogens is 620 g/mol. The predicted molar refractivity (Wildman–Crippen MR) is 215 cm³/mol. The van der Waals surface area contributed by atoms with Gasteiger partial charge in [-0.25, -0.2) is 0 Å². The zero-order valence-corrected chi connectivity index (χ0v) is 34.1. The molecule has 50 heavy (non-hydrogen) atoms. The molecule has 0 aliphatic carbocycles.